The third-order valence-electron chi connectivity index (χ3n) is 3.14. The number of amides is 1. The summed E-state index contributed by atoms with van der Waals surface area (Å²) in [7, 11) is 0. The fraction of sp³-hybridized carbons (Fsp3) is 0.833. The van der Waals surface area contributed by atoms with Crippen molar-refractivity contribution in [1.82, 2.24) is 10.6 Å². The maximum atomic E-state index is 12.0. The van der Waals surface area contributed by atoms with E-state index in [0.717, 1.165) is 25.9 Å². The Kier molecular flexibility index (Phi) is 3.93. The minimum atomic E-state index is -0.492. The molecule has 1 fully saturated rings. The van der Waals surface area contributed by atoms with E-state index in [1.54, 1.807) is 0 Å². The third kappa shape index (κ3) is 3.21. The number of nitrogens with zero attached hydrogens (tertiary/aromatic N) is 1. The van der Waals surface area contributed by atoms with Crippen molar-refractivity contribution in [3.05, 3.63) is 0 Å². The minimum Gasteiger partial charge on any atom is -0.354 e. The monoisotopic (exact) mass is 223 g/mol. The summed E-state index contributed by atoms with van der Waals surface area (Å²) in [6, 6.07) is 2.18. The standard InChI is InChI=1S/C12H21N3O/c1-11(2,7-13)8-15-10(16)12(3)5-4-6-14-9-12/h14H,4-6,8-9H2,1-3H3,(H,15,16). The predicted molar refractivity (Wildman–Crippen MR) is 62.6 cm³/mol. The van der Waals surface area contributed by atoms with Crippen LogP contribution in [-0.4, -0.2) is 25.5 Å². The maximum absolute atomic E-state index is 12.0. The van der Waals surface area contributed by atoms with Crippen LogP contribution in [0.25, 0.3) is 0 Å². The molecule has 1 amide bonds. The molecule has 0 saturated carbocycles. The van der Waals surface area contributed by atoms with E-state index in [1.807, 2.05) is 20.8 Å². The molecule has 0 radical (unpaired) electrons. The first kappa shape index (κ1) is 13.0. The van der Waals surface area contributed by atoms with Crippen LogP contribution in [0, 0.1) is 22.2 Å². The lowest BCUT2D eigenvalue weighted by molar-refractivity contribution is -0.131. The molecule has 4 nitrogen and oxygen atoms in total. The molecule has 90 valence electrons. The summed E-state index contributed by atoms with van der Waals surface area (Å²) in [6.45, 7) is 7.77. The highest BCUT2D eigenvalue weighted by Gasteiger charge is 2.35. The number of piperidine rings is 1. The normalized spacial score (nSPS) is 25.9. The fourth-order valence-electron chi connectivity index (χ4n) is 1.80. The van der Waals surface area contributed by atoms with E-state index in [-0.39, 0.29) is 11.3 Å². The Bertz CT molecular complexity index is 298. The highest BCUT2D eigenvalue weighted by atomic mass is 16.2. The Balaban J connectivity index is 2.49. The molecule has 2 N–H and O–H groups in total. The predicted octanol–water partition coefficient (Wildman–Crippen LogP) is 1.04. The molecule has 1 unspecified atom stereocenters. The van der Waals surface area contributed by atoms with Crippen molar-refractivity contribution in [3.63, 3.8) is 0 Å². The van der Waals surface area contributed by atoms with Crippen molar-refractivity contribution in [2.45, 2.75) is 33.6 Å². The van der Waals surface area contributed by atoms with Crippen LogP contribution in [0.3, 0.4) is 0 Å². The van der Waals surface area contributed by atoms with Crippen LogP contribution in [0.15, 0.2) is 0 Å². The van der Waals surface area contributed by atoms with Gasteiger partial charge in [-0.1, -0.05) is 0 Å². The number of carbonyl (C=O) groups is 1. The largest absolute Gasteiger partial charge is 0.354 e. The Morgan fingerprint density at radius 2 is 2.31 bits per heavy atom. The number of hydrogen-bond acceptors (Lipinski definition) is 3. The molecule has 1 heterocycles. The smallest absolute Gasteiger partial charge is 0.227 e. The lowest BCUT2D eigenvalue weighted by atomic mass is 9.81. The maximum Gasteiger partial charge on any atom is 0.227 e. The van der Waals surface area contributed by atoms with Gasteiger partial charge in [-0.15, -0.1) is 0 Å². The van der Waals surface area contributed by atoms with E-state index in [0.29, 0.717) is 6.54 Å². The van der Waals surface area contributed by atoms with Gasteiger partial charge in [-0.2, -0.15) is 5.26 Å². The molecule has 0 aromatic heterocycles. The molecular formula is C12H21N3O. The van der Waals surface area contributed by atoms with Gasteiger partial charge in [-0.05, 0) is 40.2 Å². The first-order valence-corrected chi connectivity index (χ1v) is 5.80. The van der Waals surface area contributed by atoms with E-state index >= 15 is 0 Å². The Hall–Kier alpha value is -1.08. The van der Waals surface area contributed by atoms with E-state index < -0.39 is 5.41 Å². The zero-order valence-electron chi connectivity index (χ0n) is 10.4. The summed E-state index contributed by atoms with van der Waals surface area (Å²) in [6.07, 6.45) is 1.95. The number of nitrogens with one attached hydrogen (secondary N) is 2. The molecule has 0 aromatic rings. The molecule has 4 heteroatoms. The molecule has 1 atom stereocenters. The zero-order chi connectivity index (χ0) is 12.2. The van der Waals surface area contributed by atoms with E-state index in [2.05, 4.69) is 16.7 Å². The van der Waals surface area contributed by atoms with Gasteiger partial charge in [0.1, 0.15) is 0 Å². The first-order valence-electron chi connectivity index (χ1n) is 5.80. The first-order chi connectivity index (χ1) is 7.40. The van der Waals surface area contributed by atoms with Crippen LogP contribution in [0.2, 0.25) is 0 Å². The molecular weight excluding hydrogens is 202 g/mol. The minimum absolute atomic E-state index is 0.0584. The Morgan fingerprint density at radius 3 is 2.81 bits per heavy atom. The molecule has 0 spiro atoms. The summed E-state index contributed by atoms with van der Waals surface area (Å²) in [5.74, 6) is 0.0584. The van der Waals surface area contributed by atoms with Gasteiger partial charge >= 0.3 is 0 Å². The van der Waals surface area contributed by atoms with E-state index in [4.69, 9.17) is 5.26 Å². The topological polar surface area (TPSA) is 64.9 Å². The van der Waals surface area contributed by atoms with Crippen molar-refractivity contribution in [3.8, 4) is 6.07 Å². The van der Waals surface area contributed by atoms with E-state index in [9.17, 15) is 4.79 Å². The van der Waals surface area contributed by atoms with Gasteiger partial charge in [0.25, 0.3) is 0 Å². The van der Waals surface area contributed by atoms with Crippen LogP contribution >= 0.6 is 0 Å². The van der Waals surface area contributed by atoms with Crippen LogP contribution < -0.4 is 10.6 Å². The van der Waals surface area contributed by atoms with Gasteiger partial charge < -0.3 is 10.6 Å². The molecule has 0 aromatic carbocycles. The zero-order valence-corrected chi connectivity index (χ0v) is 10.4. The fourth-order valence-corrected chi connectivity index (χ4v) is 1.80. The van der Waals surface area contributed by atoms with Crippen molar-refractivity contribution in [1.29, 1.82) is 5.26 Å². The SMILES string of the molecule is CC(C)(C#N)CNC(=O)C1(C)CCCNC1. The summed E-state index contributed by atoms with van der Waals surface area (Å²) in [4.78, 5) is 12.0. The summed E-state index contributed by atoms with van der Waals surface area (Å²) in [5, 5.41) is 15.0. The number of carbonyl (C=O) groups excluding carboxylic acids is 1. The second-order valence-electron chi connectivity index (χ2n) is 5.52. The van der Waals surface area contributed by atoms with Crippen molar-refractivity contribution in [2.24, 2.45) is 10.8 Å². The molecule has 0 aliphatic carbocycles. The third-order valence-corrected chi connectivity index (χ3v) is 3.14. The van der Waals surface area contributed by atoms with Gasteiger partial charge in [0.05, 0.1) is 16.9 Å². The van der Waals surface area contributed by atoms with Crippen LogP contribution in [-0.2, 0) is 4.79 Å². The summed E-state index contributed by atoms with van der Waals surface area (Å²) >= 11 is 0. The average molecular weight is 223 g/mol. The number of rotatable bonds is 3. The van der Waals surface area contributed by atoms with Gasteiger partial charge in [0, 0.05) is 13.1 Å². The Labute approximate surface area is 97.4 Å². The number of nitriles is 1. The molecule has 1 aliphatic rings. The average Bonchev–Trinajstić information content (AvgIpc) is 2.27. The quantitative estimate of drug-likeness (QED) is 0.751. The Morgan fingerprint density at radius 1 is 1.62 bits per heavy atom. The molecule has 1 rings (SSSR count). The van der Waals surface area contributed by atoms with E-state index in [1.165, 1.54) is 0 Å². The lowest BCUT2D eigenvalue weighted by Crippen LogP contribution is -2.50. The molecule has 0 bridgehead atoms. The van der Waals surface area contributed by atoms with Crippen molar-refractivity contribution < 1.29 is 4.79 Å². The second-order valence-corrected chi connectivity index (χ2v) is 5.52. The van der Waals surface area contributed by atoms with Crippen LogP contribution in [0.5, 0.6) is 0 Å². The summed E-state index contributed by atoms with van der Waals surface area (Å²) in [5.41, 5.74) is -0.808. The van der Waals surface area contributed by atoms with Crippen molar-refractivity contribution in [2.75, 3.05) is 19.6 Å². The van der Waals surface area contributed by atoms with Gasteiger partial charge in [0.2, 0.25) is 5.91 Å². The van der Waals surface area contributed by atoms with Gasteiger partial charge in [0.15, 0.2) is 0 Å². The molecule has 16 heavy (non-hydrogen) atoms. The highest BCUT2D eigenvalue weighted by molar-refractivity contribution is 5.82. The highest BCUT2D eigenvalue weighted by Crippen LogP contribution is 2.25. The summed E-state index contributed by atoms with van der Waals surface area (Å²) < 4.78 is 0. The van der Waals surface area contributed by atoms with Gasteiger partial charge in [-0.25, -0.2) is 0 Å². The number of hydrogen-bond donors (Lipinski definition) is 2. The second kappa shape index (κ2) is 4.84. The van der Waals surface area contributed by atoms with Crippen LogP contribution in [0.4, 0.5) is 0 Å². The molecule has 1 aliphatic heterocycles. The molecule has 1 saturated heterocycles. The lowest BCUT2D eigenvalue weighted by Gasteiger charge is -2.33. The van der Waals surface area contributed by atoms with Gasteiger partial charge in [-0.3, -0.25) is 4.79 Å². The van der Waals surface area contributed by atoms with Crippen molar-refractivity contribution >= 4 is 5.91 Å². The van der Waals surface area contributed by atoms with Crippen LogP contribution in [0.1, 0.15) is 33.6 Å².